The molecule has 0 atom stereocenters. The molecule has 1 fully saturated rings. The summed E-state index contributed by atoms with van der Waals surface area (Å²) in [5.41, 5.74) is 1.85. The number of ether oxygens (including phenoxy) is 2. The van der Waals surface area contributed by atoms with Crippen LogP contribution >= 0.6 is 11.8 Å². The fourth-order valence-corrected chi connectivity index (χ4v) is 4.41. The van der Waals surface area contributed by atoms with Crippen LogP contribution in [0.5, 0.6) is 0 Å². The maximum atomic E-state index is 14.7. The van der Waals surface area contributed by atoms with Crippen LogP contribution in [0.3, 0.4) is 0 Å². The minimum absolute atomic E-state index is 0.0213. The van der Waals surface area contributed by atoms with E-state index in [2.05, 4.69) is 0 Å². The van der Waals surface area contributed by atoms with Crippen LogP contribution in [0.25, 0.3) is 0 Å². The molecule has 0 radical (unpaired) electrons. The predicted molar refractivity (Wildman–Crippen MR) is 110 cm³/mol. The van der Waals surface area contributed by atoms with E-state index >= 15 is 0 Å². The number of rotatable bonds is 5. The maximum Gasteiger partial charge on any atom is 0.223 e. The van der Waals surface area contributed by atoms with Gasteiger partial charge >= 0.3 is 0 Å². The second-order valence-electron chi connectivity index (χ2n) is 7.06. The molecule has 0 aliphatic carbocycles. The Morgan fingerprint density at radius 1 is 1.18 bits per heavy atom. The van der Waals surface area contributed by atoms with Crippen molar-refractivity contribution in [3.8, 4) is 0 Å². The zero-order chi connectivity index (χ0) is 20.3. The van der Waals surface area contributed by atoms with Gasteiger partial charge in [-0.2, -0.15) is 0 Å². The minimum Gasteiger partial charge on any atom is -0.381 e. The van der Waals surface area contributed by atoms with Gasteiger partial charge in [0.25, 0.3) is 0 Å². The first-order valence-electron chi connectivity index (χ1n) is 9.32. The highest BCUT2D eigenvalue weighted by atomic mass is 32.2. The van der Waals surface area contributed by atoms with Crippen molar-refractivity contribution < 1.29 is 18.7 Å². The average molecular weight is 404 g/mol. The third-order valence-corrected chi connectivity index (χ3v) is 6.41. The Labute approximate surface area is 170 Å². The van der Waals surface area contributed by atoms with Crippen LogP contribution < -0.4 is 4.90 Å². The van der Waals surface area contributed by atoms with Crippen molar-refractivity contribution in [1.82, 2.24) is 0 Å². The quantitative estimate of drug-likeness (QED) is 0.710. The number of benzene rings is 2. The first-order chi connectivity index (χ1) is 13.4. The van der Waals surface area contributed by atoms with E-state index in [0.717, 1.165) is 21.0 Å². The SMILES string of the molecule is COC1(c2cc(Sc3ccc(N(C)C(C)=O)cc3)cc(F)c2C)CCOCC1. The Bertz CT molecular complexity index is 848. The Morgan fingerprint density at radius 2 is 1.82 bits per heavy atom. The van der Waals surface area contributed by atoms with E-state index in [0.29, 0.717) is 31.6 Å². The fourth-order valence-electron chi connectivity index (χ4n) is 3.53. The molecule has 28 heavy (non-hydrogen) atoms. The van der Waals surface area contributed by atoms with Crippen molar-refractivity contribution in [3.05, 3.63) is 53.3 Å². The summed E-state index contributed by atoms with van der Waals surface area (Å²) in [5.74, 6) is -0.247. The van der Waals surface area contributed by atoms with Crippen molar-refractivity contribution in [2.24, 2.45) is 0 Å². The summed E-state index contributed by atoms with van der Waals surface area (Å²) in [5, 5.41) is 0. The molecule has 1 aliphatic heterocycles. The fraction of sp³-hybridized carbons (Fsp3) is 0.409. The van der Waals surface area contributed by atoms with Gasteiger partial charge in [-0.3, -0.25) is 4.79 Å². The topological polar surface area (TPSA) is 38.8 Å². The third-order valence-electron chi connectivity index (χ3n) is 5.43. The van der Waals surface area contributed by atoms with Gasteiger partial charge in [-0.1, -0.05) is 11.8 Å². The molecule has 0 aromatic heterocycles. The lowest BCUT2D eigenvalue weighted by Crippen LogP contribution is -2.36. The van der Waals surface area contributed by atoms with Crippen LogP contribution in [0.4, 0.5) is 10.1 Å². The zero-order valence-electron chi connectivity index (χ0n) is 16.8. The number of carbonyl (C=O) groups is 1. The van der Waals surface area contributed by atoms with Crippen molar-refractivity contribution >= 4 is 23.4 Å². The van der Waals surface area contributed by atoms with E-state index in [1.807, 2.05) is 37.3 Å². The van der Waals surface area contributed by atoms with E-state index < -0.39 is 5.60 Å². The number of hydrogen-bond donors (Lipinski definition) is 0. The van der Waals surface area contributed by atoms with Crippen LogP contribution in [-0.4, -0.2) is 33.3 Å². The van der Waals surface area contributed by atoms with Crippen LogP contribution in [-0.2, 0) is 19.9 Å². The number of amides is 1. The van der Waals surface area contributed by atoms with E-state index in [9.17, 15) is 9.18 Å². The minimum atomic E-state index is -0.506. The van der Waals surface area contributed by atoms with Gasteiger partial charge in [-0.25, -0.2) is 4.39 Å². The molecule has 6 heteroatoms. The lowest BCUT2D eigenvalue weighted by atomic mass is 9.83. The second kappa shape index (κ2) is 8.64. The van der Waals surface area contributed by atoms with Crippen LogP contribution in [0.1, 0.15) is 30.9 Å². The Morgan fingerprint density at radius 3 is 2.39 bits per heavy atom. The maximum absolute atomic E-state index is 14.7. The first-order valence-corrected chi connectivity index (χ1v) is 10.1. The molecule has 3 rings (SSSR count). The number of halogens is 1. The molecule has 0 saturated carbocycles. The Hall–Kier alpha value is -1.89. The highest BCUT2D eigenvalue weighted by molar-refractivity contribution is 7.99. The van der Waals surface area contributed by atoms with Crippen molar-refractivity contribution in [1.29, 1.82) is 0 Å². The van der Waals surface area contributed by atoms with E-state index in [1.165, 1.54) is 18.7 Å². The first kappa shape index (κ1) is 20.8. The summed E-state index contributed by atoms with van der Waals surface area (Å²) >= 11 is 1.50. The van der Waals surface area contributed by atoms with Crippen molar-refractivity contribution in [2.45, 2.75) is 42.1 Å². The van der Waals surface area contributed by atoms with Gasteiger partial charge in [-0.05, 0) is 54.4 Å². The molecule has 0 spiro atoms. The van der Waals surface area contributed by atoms with Crippen LogP contribution in [0.15, 0.2) is 46.2 Å². The zero-order valence-corrected chi connectivity index (χ0v) is 17.6. The summed E-state index contributed by atoms with van der Waals surface area (Å²) in [6.07, 6.45) is 1.42. The molecule has 0 bridgehead atoms. The number of carbonyl (C=O) groups excluding carboxylic acids is 1. The summed E-state index contributed by atoms with van der Waals surface area (Å²) in [7, 11) is 3.43. The van der Waals surface area contributed by atoms with Crippen LogP contribution in [0, 0.1) is 12.7 Å². The average Bonchev–Trinajstić information content (AvgIpc) is 2.71. The predicted octanol–water partition coefficient (Wildman–Crippen LogP) is 4.92. The second-order valence-corrected chi connectivity index (χ2v) is 8.21. The summed E-state index contributed by atoms with van der Waals surface area (Å²) in [6, 6.07) is 11.3. The number of methoxy groups -OCH3 is 1. The molecule has 0 unspecified atom stereocenters. The number of nitrogens with zero attached hydrogens (tertiary/aromatic N) is 1. The molecule has 2 aromatic rings. The molecule has 4 nitrogen and oxygen atoms in total. The number of hydrogen-bond acceptors (Lipinski definition) is 4. The van der Waals surface area contributed by atoms with Gasteiger partial charge in [0.1, 0.15) is 5.82 Å². The molecule has 1 saturated heterocycles. The molecule has 150 valence electrons. The van der Waals surface area contributed by atoms with Crippen molar-refractivity contribution in [3.63, 3.8) is 0 Å². The van der Waals surface area contributed by atoms with Gasteiger partial charge in [0.15, 0.2) is 0 Å². The molecule has 1 amide bonds. The van der Waals surface area contributed by atoms with Gasteiger partial charge in [0, 0.05) is 62.6 Å². The molecular formula is C22H26FNO3S. The van der Waals surface area contributed by atoms with Crippen molar-refractivity contribution in [2.75, 3.05) is 32.3 Å². The van der Waals surface area contributed by atoms with Gasteiger partial charge in [0.2, 0.25) is 5.91 Å². The summed E-state index contributed by atoms with van der Waals surface area (Å²) < 4.78 is 26.1. The largest absolute Gasteiger partial charge is 0.381 e. The van der Waals surface area contributed by atoms with Gasteiger partial charge in [-0.15, -0.1) is 0 Å². The van der Waals surface area contributed by atoms with Crippen LogP contribution in [0.2, 0.25) is 0 Å². The summed E-state index contributed by atoms with van der Waals surface area (Å²) in [6.45, 7) is 4.55. The smallest absolute Gasteiger partial charge is 0.223 e. The van der Waals surface area contributed by atoms with Gasteiger partial charge in [0.05, 0.1) is 5.60 Å². The lowest BCUT2D eigenvalue weighted by Gasteiger charge is -2.37. The molecule has 0 N–H and O–H groups in total. The number of anilines is 1. The van der Waals surface area contributed by atoms with E-state index in [-0.39, 0.29) is 11.7 Å². The van der Waals surface area contributed by atoms with E-state index in [1.54, 1.807) is 25.1 Å². The molecular weight excluding hydrogens is 377 g/mol. The Kier molecular flexibility index (Phi) is 6.43. The monoisotopic (exact) mass is 403 g/mol. The lowest BCUT2D eigenvalue weighted by molar-refractivity contribution is -0.116. The molecule has 2 aromatic carbocycles. The highest BCUT2D eigenvalue weighted by Crippen LogP contribution is 2.41. The van der Waals surface area contributed by atoms with Gasteiger partial charge < -0.3 is 14.4 Å². The third kappa shape index (κ3) is 4.24. The summed E-state index contributed by atoms with van der Waals surface area (Å²) in [4.78, 5) is 14.9. The Balaban J connectivity index is 1.89. The molecule has 1 heterocycles. The highest BCUT2D eigenvalue weighted by Gasteiger charge is 2.36. The molecule has 1 aliphatic rings. The standard InChI is InChI=1S/C22H26FNO3S/c1-15-20(22(26-4)9-11-27-12-10-22)13-19(14-21(15)23)28-18-7-5-17(6-8-18)24(3)16(2)25/h5-8,13-14H,9-12H2,1-4H3. The normalized spacial score (nSPS) is 16.0. The van der Waals surface area contributed by atoms with E-state index in [4.69, 9.17) is 9.47 Å².